The summed E-state index contributed by atoms with van der Waals surface area (Å²) in [5, 5.41) is 22.4. The summed E-state index contributed by atoms with van der Waals surface area (Å²) in [5.41, 5.74) is -0.746. The van der Waals surface area contributed by atoms with Gasteiger partial charge in [-0.05, 0) is 31.6 Å². The number of rotatable bonds is 8. The third kappa shape index (κ3) is 6.36. The van der Waals surface area contributed by atoms with Crippen molar-refractivity contribution in [3.05, 3.63) is 0 Å². The van der Waals surface area contributed by atoms with E-state index in [0.717, 1.165) is 13.2 Å². The summed E-state index contributed by atoms with van der Waals surface area (Å²) in [6.45, 7) is 6.86. The number of hydrogen-bond acceptors (Lipinski definition) is 4. The number of carbonyl (C=O) groups is 1. The molecule has 0 aromatic heterocycles. The molecule has 0 bridgehead atoms. The van der Waals surface area contributed by atoms with E-state index < -0.39 is 11.6 Å². The molecule has 3 N–H and O–H groups in total. The largest absolute Gasteiger partial charge is 0.481 e. The highest BCUT2D eigenvalue weighted by atomic mass is 16.5. The summed E-state index contributed by atoms with van der Waals surface area (Å²) in [7, 11) is 0. The molecule has 19 heavy (non-hydrogen) atoms. The van der Waals surface area contributed by atoms with E-state index >= 15 is 0 Å². The Morgan fingerprint density at radius 2 is 2.05 bits per heavy atom. The van der Waals surface area contributed by atoms with Crippen molar-refractivity contribution in [2.45, 2.75) is 45.1 Å². The van der Waals surface area contributed by atoms with Crippen LogP contribution in [0.15, 0.2) is 0 Å². The molecule has 5 heteroatoms. The Labute approximate surface area is 115 Å². The minimum absolute atomic E-state index is 0.283. The first kappa shape index (κ1) is 16.4. The topological polar surface area (TPSA) is 78.8 Å². The minimum Gasteiger partial charge on any atom is -0.481 e. The molecule has 112 valence electrons. The van der Waals surface area contributed by atoms with Crippen LogP contribution in [0.25, 0.3) is 0 Å². The number of nitrogens with one attached hydrogen (secondary N) is 1. The Hall–Kier alpha value is -0.650. The molecular formula is C14H27NO4. The van der Waals surface area contributed by atoms with Gasteiger partial charge in [0.05, 0.1) is 18.1 Å². The molecule has 0 atom stereocenters. The highest BCUT2D eigenvalue weighted by Gasteiger charge is 2.35. The Morgan fingerprint density at radius 3 is 2.58 bits per heavy atom. The molecule has 0 amide bonds. The van der Waals surface area contributed by atoms with Crippen LogP contribution in [-0.2, 0) is 9.53 Å². The first-order valence-electron chi connectivity index (χ1n) is 7.16. The van der Waals surface area contributed by atoms with Crippen LogP contribution in [0.2, 0.25) is 0 Å². The fraction of sp³-hybridized carbons (Fsp3) is 0.929. The van der Waals surface area contributed by atoms with E-state index in [9.17, 15) is 9.90 Å². The first-order valence-corrected chi connectivity index (χ1v) is 7.16. The van der Waals surface area contributed by atoms with Crippen LogP contribution in [0.4, 0.5) is 0 Å². The van der Waals surface area contributed by atoms with Crippen molar-refractivity contribution in [3.63, 3.8) is 0 Å². The molecule has 0 aliphatic heterocycles. The van der Waals surface area contributed by atoms with E-state index in [1.807, 2.05) is 0 Å². The van der Waals surface area contributed by atoms with Crippen molar-refractivity contribution in [1.29, 1.82) is 0 Å². The van der Waals surface area contributed by atoms with Crippen molar-refractivity contribution in [2.24, 2.45) is 11.8 Å². The molecule has 1 aliphatic rings. The van der Waals surface area contributed by atoms with Gasteiger partial charge in [-0.1, -0.05) is 13.8 Å². The molecule has 0 aromatic carbocycles. The van der Waals surface area contributed by atoms with Gasteiger partial charge in [0.25, 0.3) is 0 Å². The molecular weight excluding hydrogens is 246 g/mol. The summed E-state index contributed by atoms with van der Waals surface area (Å²) >= 11 is 0. The average molecular weight is 273 g/mol. The lowest BCUT2D eigenvalue weighted by Crippen LogP contribution is -2.45. The zero-order valence-corrected chi connectivity index (χ0v) is 12.0. The second-order valence-electron chi connectivity index (χ2n) is 5.98. The van der Waals surface area contributed by atoms with Crippen molar-refractivity contribution in [3.8, 4) is 0 Å². The number of hydrogen-bond donors (Lipinski definition) is 3. The lowest BCUT2D eigenvalue weighted by molar-refractivity contribution is -0.144. The standard InChI is InChI=1S/C14H27NO4/c1-11(2)9-19-8-7-15-10-14(18)5-3-12(4-6-14)13(16)17/h11-12,15,18H,3-10H2,1-2H3,(H,16,17). The maximum absolute atomic E-state index is 10.8. The smallest absolute Gasteiger partial charge is 0.306 e. The molecule has 1 rings (SSSR count). The van der Waals surface area contributed by atoms with Crippen LogP contribution in [-0.4, -0.2) is 48.1 Å². The zero-order valence-electron chi connectivity index (χ0n) is 12.0. The van der Waals surface area contributed by atoms with E-state index in [4.69, 9.17) is 9.84 Å². The first-order chi connectivity index (χ1) is 8.93. The van der Waals surface area contributed by atoms with Crippen molar-refractivity contribution in [1.82, 2.24) is 5.32 Å². The third-order valence-corrected chi connectivity index (χ3v) is 3.59. The van der Waals surface area contributed by atoms with E-state index in [1.54, 1.807) is 0 Å². The van der Waals surface area contributed by atoms with E-state index in [1.165, 1.54) is 0 Å². The van der Waals surface area contributed by atoms with E-state index in [0.29, 0.717) is 44.8 Å². The maximum Gasteiger partial charge on any atom is 0.306 e. The Bertz CT molecular complexity index is 273. The number of ether oxygens (including phenoxy) is 1. The average Bonchev–Trinajstić information content (AvgIpc) is 2.34. The van der Waals surface area contributed by atoms with Crippen LogP contribution in [0.3, 0.4) is 0 Å². The van der Waals surface area contributed by atoms with Gasteiger partial charge in [0.15, 0.2) is 0 Å². The van der Waals surface area contributed by atoms with E-state index in [-0.39, 0.29) is 5.92 Å². The van der Waals surface area contributed by atoms with Gasteiger partial charge in [0, 0.05) is 19.7 Å². The normalized spacial score (nSPS) is 27.7. The third-order valence-electron chi connectivity index (χ3n) is 3.59. The zero-order chi connectivity index (χ0) is 14.3. The second kappa shape index (κ2) is 7.82. The Balaban J connectivity index is 2.10. The summed E-state index contributed by atoms with van der Waals surface area (Å²) in [6.07, 6.45) is 2.25. The molecule has 0 radical (unpaired) electrons. The SMILES string of the molecule is CC(C)COCCNCC1(O)CCC(C(=O)O)CC1. The van der Waals surface area contributed by atoms with Crippen LogP contribution in [0, 0.1) is 11.8 Å². The van der Waals surface area contributed by atoms with Crippen molar-refractivity contribution < 1.29 is 19.7 Å². The van der Waals surface area contributed by atoms with Crippen LogP contribution in [0.5, 0.6) is 0 Å². The Kier molecular flexibility index (Phi) is 6.75. The van der Waals surface area contributed by atoms with Gasteiger partial charge in [0.1, 0.15) is 0 Å². The highest BCUT2D eigenvalue weighted by Crippen LogP contribution is 2.31. The molecule has 0 heterocycles. The summed E-state index contributed by atoms with van der Waals surface area (Å²) in [5.74, 6) is -0.484. The van der Waals surface area contributed by atoms with Gasteiger partial charge in [-0.15, -0.1) is 0 Å². The van der Waals surface area contributed by atoms with E-state index in [2.05, 4.69) is 19.2 Å². The van der Waals surface area contributed by atoms with Crippen LogP contribution in [0.1, 0.15) is 39.5 Å². The summed E-state index contributed by atoms with van der Waals surface area (Å²) in [6, 6.07) is 0. The lowest BCUT2D eigenvalue weighted by atomic mass is 9.79. The van der Waals surface area contributed by atoms with Crippen LogP contribution >= 0.6 is 0 Å². The molecule has 0 spiro atoms. The van der Waals surface area contributed by atoms with Gasteiger partial charge in [0.2, 0.25) is 0 Å². The van der Waals surface area contributed by atoms with Crippen molar-refractivity contribution >= 4 is 5.97 Å². The summed E-state index contributed by atoms with van der Waals surface area (Å²) < 4.78 is 5.44. The lowest BCUT2D eigenvalue weighted by Gasteiger charge is -2.34. The van der Waals surface area contributed by atoms with Crippen molar-refractivity contribution in [2.75, 3.05) is 26.3 Å². The highest BCUT2D eigenvalue weighted by molar-refractivity contribution is 5.70. The van der Waals surface area contributed by atoms with Gasteiger partial charge in [-0.3, -0.25) is 4.79 Å². The second-order valence-corrected chi connectivity index (χ2v) is 5.98. The fourth-order valence-corrected chi connectivity index (χ4v) is 2.36. The van der Waals surface area contributed by atoms with Gasteiger partial charge in [-0.2, -0.15) is 0 Å². The van der Waals surface area contributed by atoms with Gasteiger partial charge in [-0.25, -0.2) is 0 Å². The molecule has 0 saturated heterocycles. The molecule has 1 saturated carbocycles. The predicted molar refractivity (Wildman–Crippen MR) is 73.1 cm³/mol. The van der Waals surface area contributed by atoms with Gasteiger partial charge < -0.3 is 20.3 Å². The number of aliphatic carboxylic acids is 1. The number of aliphatic hydroxyl groups is 1. The number of carboxylic acids is 1. The minimum atomic E-state index is -0.746. The summed E-state index contributed by atoms with van der Waals surface area (Å²) in [4.78, 5) is 10.8. The number of carboxylic acid groups (broad SMARTS) is 1. The van der Waals surface area contributed by atoms with Crippen LogP contribution < -0.4 is 5.32 Å². The quantitative estimate of drug-likeness (QED) is 0.580. The molecule has 1 fully saturated rings. The Morgan fingerprint density at radius 1 is 1.42 bits per heavy atom. The molecule has 5 nitrogen and oxygen atoms in total. The molecule has 0 aromatic rings. The molecule has 0 unspecified atom stereocenters. The maximum atomic E-state index is 10.8. The van der Waals surface area contributed by atoms with Gasteiger partial charge >= 0.3 is 5.97 Å². The molecule has 1 aliphatic carbocycles. The fourth-order valence-electron chi connectivity index (χ4n) is 2.36. The predicted octanol–water partition coefficient (Wildman–Crippen LogP) is 1.25. The monoisotopic (exact) mass is 273 g/mol.